The van der Waals surface area contributed by atoms with E-state index >= 15 is 0 Å². The van der Waals surface area contributed by atoms with Gasteiger partial charge in [0.25, 0.3) is 5.69 Å². The van der Waals surface area contributed by atoms with Crippen molar-refractivity contribution in [3.63, 3.8) is 0 Å². The quantitative estimate of drug-likeness (QED) is 0.679. The second-order valence-corrected chi connectivity index (χ2v) is 5.20. The van der Waals surface area contributed by atoms with Crippen LogP contribution in [0.25, 0.3) is 0 Å². The van der Waals surface area contributed by atoms with E-state index in [4.69, 9.17) is 17.3 Å². The highest BCUT2D eigenvalue weighted by molar-refractivity contribution is 6.31. The van der Waals surface area contributed by atoms with Crippen LogP contribution < -0.4 is 5.73 Å². The lowest BCUT2D eigenvalue weighted by Gasteiger charge is -2.13. The lowest BCUT2D eigenvalue weighted by Crippen LogP contribution is -2.26. The second kappa shape index (κ2) is 6.65. The summed E-state index contributed by atoms with van der Waals surface area (Å²) in [7, 11) is 0. The number of rotatable bonds is 5. The van der Waals surface area contributed by atoms with Gasteiger partial charge in [0.15, 0.2) is 0 Å². The van der Waals surface area contributed by atoms with Crippen LogP contribution in [0, 0.1) is 15.9 Å². The van der Waals surface area contributed by atoms with E-state index in [2.05, 4.69) is 0 Å². The minimum absolute atomic E-state index is 0.0443. The van der Waals surface area contributed by atoms with Gasteiger partial charge in [-0.3, -0.25) is 10.1 Å². The summed E-state index contributed by atoms with van der Waals surface area (Å²) in [4.78, 5) is 10.5. The van der Waals surface area contributed by atoms with Gasteiger partial charge in [-0.25, -0.2) is 4.39 Å². The summed E-state index contributed by atoms with van der Waals surface area (Å²) in [5.41, 5.74) is 7.14. The second-order valence-electron chi connectivity index (χ2n) is 4.79. The molecule has 0 aliphatic rings. The third-order valence-corrected chi connectivity index (χ3v) is 3.50. The fourth-order valence-corrected chi connectivity index (χ4v) is 2.47. The van der Waals surface area contributed by atoms with Crippen molar-refractivity contribution in [3.8, 4) is 0 Å². The van der Waals surface area contributed by atoms with Gasteiger partial charge in [0.1, 0.15) is 5.82 Å². The third kappa shape index (κ3) is 4.00. The first-order valence-electron chi connectivity index (χ1n) is 6.39. The highest BCUT2D eigenvalue weighted by Gasteiger charge is 2.19. The maximum atomic E-state index is 13.1. The van der Waals surface area contributed by atoms with Crippen LogP contribution in [0.1, 0.15) is 11.1 Å². The number of nitro groups is 1. The van der Waals surface area contributed by atoms with Gasteiger partial charge in [0, 0.05) is 17.7 Å². The van der Waals surface area contributed by atoms with Crippen molar-refractivity contribution in [2.45, 2.75) is 18.9 Å². The molecule has 0 spiro atoms. The zero-order valence-corrected chi connectivity index (χ0v) is 11.9. The maximum Gasteiger partial charge on any atom is 0.274 e. The van der Waals surface area contributed by atoms with Crippen LogP contribution in [0.4, 0.5) is 10.1 Å². The third-order valence-electron chi connectivity index (χ3n) is 3.14. The highest BCUT2D eigenvalue weighted by atomic mass is 35.5. The Hall–Kier alpha value is -1.98. The van der Waals surface area contributed by atoms with Gasteiger partial charge in [-0.2, -0.15) is 0 Å². The summed E-state index contributed by atoms with van der Waals surface area (Å²) in [6.07, 6.45) is 0.673. The topological polar surface area (TPSA) is 69.2 Å². The number of nitrogens with two attached hydrogens (primary N) is 1. The number of halogens is 2. The summed E-state index contributed by atoms with van der Waals surface area (Å²) < 4.78 is 13.1. The Morgan fingerprint density at radius 1 is 1.24 bits per heavy atom. The zero-order valence-electron chi connectivity index (χ0n) is 11.1. The summed E-state index contributed by atoms with van der Waals surface area (Å²) in [5, 5.41) is 11.3. The van der Waals surface area contributed by atoms with E-state index < -0.39 is 4.92 Å². The van der Waals surface area contributed by atoms with Crippen molar-refractivity contribution in [1.29, 1.82) is 0 Å². The van der Waals surface area contributed by atoms with Crippen LogP contribution in [0.3, 0.4) is 0 Å². The van der Waals surface area contributed by atoms with Gasteiger partial charge in [-0.05, 0) is 36.6 Å². The fourth-order valence-electron chi connectivity index (χ4n) is 2.22. The van der Waals surface area contributed by atoms with E-state index in [0.717, 1.165) is 5.56 Å². The Bertz CT molecular complexity index is 664. The lowest BCUT2D eigenvalue weighted by atomic mass is 9.98. The molecular formula is C15H14ClFN2O2. The lowest BCUT2D eigenvalue weighted by molar-refractivity contribution is -0.385. The number of nitro benzene ring substituents is 1. The number of hydrogen-bond acceptors (Lipinski definition) is 3. The van der Waals surface area contributed by atoms with Crippen molar-refractivity contribution in [2.75, 3.05) is 0 Å². The molecule has 1 atom stereocenters. The van der Waals surface area contributed by atoms with Crippen LogP contribution in [0.15, 0.2) is 42.5 Å². The van der Waals surface area contributed by atoms with Crippen LogP contribution in [0.5, 0.6) is 0 Å². The predicted octanol–water partition coefficient (Wildman–Crippen LogP) is 3.50. The molecule has 0 saturated carbocycles. The largest absolute Gasteiger partial charge is 0.327 e. The zero-order chi connectivity index (χ0) is 15.4. The molecule has 1 unspecified atom stereocenters. The molecule has 2 aromatic carbocycles. The Balaban J connectivity index is 2.16. The summed E-state index contributed by atoms with van der Waals surface area (Å²) in [5.74, 6) is -0.330. The molecule has 0 amide bonds. The molecule has 4 nitrogen and oxygen atoms in total. The van der Waals surface area contributed by atoms with Crippen LogP contribution >= 0.6 is 11.6 Å². The predicted molar refractivity (Wildman–Crippen MR) is 79.9 cm³/mol. The van der Waals surface area contributed by atoms with Gasteiger partial charge in [0.2, 0.25) is 0 Å². The van der Waals surface area contributed by atoms with E-state index in [1.165, 1.54) is 24.3 Å². The first-order valence-corrected chi connectivity index (χ1v) is 6.77. The Morgan fingerprint density at radius 3 is 2.62 bits per heavy atom. The van der Waals surface area contributed by atoms with E-state index in [1.54, 1.807) is 18.2 Å². The van der Waals surface area contributed by atoms with Crippen LogP contribution in [-0.2, 0) is 12.8 Å². The highest BCUT2D eigenvalue weighted by Crippen LogP contribution is 2.27. The molecule has 2 rings (SSSR count). The molecule has 0 saturated heterocycles. The molecular weight excluding hydrogens is 295 g/mol. The van der Waals surface area contributed by atoms with E-state index in [-0.39, 0.29) is 24.0 Å². The van der Waals surface area contributed by atoms with Crippen LogP contribution in [-0.4, -0.2) is 11.0 Å². The number of benzene rings is 2. The van der Waals surface area contributed by atoms with Crippen molar-refractivity contribution in [1.82, 2.24) is 0 Å². The maximum absolute atomic E-state index is 13.1. The molecule has 0 aromatic heterocycles. The standard InChI is InChI=1S/C15H14ClFN2O2/c16-14-5-2-6-15(19(20)21)13(14)9-12(18)8-10-3-1-4-11(17)7-10/h1-7,12H,8-9,18H2. The summed E-state index contributed by atoms with van der Waals surface area (Å²) in [6.45, 7) is 0. The number of hydrogen-bond donors (Lipinski definition) is 1. The smallest absolute Gasteiger partial charge is 0.274 e. The minimum Gasteiger partial charge on any atom is -0.327 e. The normalized spacial score (nSPS) is 12.1. The molecule has 21 heavy (non-hydrogen) atoms. The first kappa shape index (κ1) is 15.4. The minimum atomic E-state index is -0.476. The molecule has 2 aromatic rings. The van der Waals surface area contributed by atoms with Gasteiger partial charge in [-0.1, -0.05) is 29.8 Å². The molecule has 110 valence electrons. The molecule has 0 heterocycles. The van der Waals surface area contributed by atoms with Crippen molar-refractivity contribution in [2.24, 2.45) is 5.73 Å². The van der Waals surface area contributed by atoms with E-state index in [1.807, 2.05) is 0 Å². The molecule has 2 N–H and O–H groups in total. The van der Waals surface area contributed by atoms with Gasteiger partial charge in [-0.15, -0.1) is 0 Å². The Kier molecular flexibility index (Phi) is 4.88. The molecule has 6 heteroatoms. The molecule has 0 bridgehead atoms. The van der Waals surface area contributed by atoms with Gasteiger partial charge >= 0.3 is 0 Å². The van der Waals surface area contributed by atoms with E-state index in [9.17, 15) is 14.5 Å². The fraction of sp³-hybridized carbons (Fsp3) is 0.200. The Labute approximate surface area is 126 Å². The Morgan fingerprint density at radius 2 is 1.95 bits per heavy atom. The van der Waals surface area contributed by atoms with Gasteiger partial charge in [0.05, 0.1) is 9.95 Å². The molecule has 0 fully saturated rings. The van der Waals surface area contributed by atoms with E-state index in [0.29, 0.717) is 17.0 Å². The van der Waals surface area contributed by atoms with Crippen molar-refractivity contribution in [3.05, 3.63) is 74.5 Å². The monoisotopic (exact) mass is 308 g/mol. The van der Waals surface area contributed by atoms with Crippen molar-refractivity contribution < 1.29 is 9.31 Å². The van der Waals surface area contributed by atoms with Crippen LogP contribution in [0.2, 0.25) is 5.02 Å². The number of nitrogens with zero attached hydrogens (tertiary/aromatic N) is 1. The first-order chi connectivity index (χ1) is 9.97. The molecule has 0 aliphatic carbocycles. The summed E-state index contributed by atoms with van der Waals surface area (Å²) in [6, 6.07) is 10.3. The average Bonchev–Trinajstić information content (AvgIpc) is 2.40. The molecule has 0 radical (unpaired) electrons. The SMILES string of the molecule is NC(Cc1cccc(F)c1)Cc1c(Cl)cccc1[N+](=O)[O-]. The summed E-state index contributed by atoms with van der Waals surface area (Å²) >= 11 is 6.03. The van der Waals surface area contributed by atoms with Gasteiger partial charge < -0.3 is 5.73 Å². The van der Waals surface area contributed by atoms with Crippen molar-refractivity contribution >= 4 is 17.3 Å². The molecule has 0 aliphatic heterocycles. The average molecular weight is 309 g/mol.